The molecule has 0 unspecified atom stereocenters. The van der Waals surface area contributed by atoms with Crippen molar-refractivity contribution in [1.29, 1.82) is 0 Å². The first-order valence-electron chi connectivity index (χ1n) is 6.83. The summed E-state index contributed by atoms with van der Waals surface area (Å²) in [5.41, 5.74) is 2.91. The lowest BCUT2D eigenvalue weighted by Crippen LogP contribution is -2.09. The quantitative estimate of drug-likeness (QED) is 0.875. The third-order valence-electron chi connectivity index (χ3n) is 3.86. The van der Waals surface area contributed by atoms with Crippen LogP contribution < -0.4 is 4.74 Å². The summed E-state index contributed by atoms with van der Waals surface area (Å²) in [6, 6.07) is 4.25. The van der Waals surface area contributed by atoms with Crippen LogP contribution in [-0.2, 0) is 5.60 Å². The Morgan fingerprint density at radius 1 is 1.06 bits per heavy atom. The van der Waals surface area contributed by atoms with Crippen molar-refractivity contribution in [1.82, 2.24) is 0 Å². The molecule has 1 aliphatic rings. The van der Waals surface area contributed by atoms with Crippen molar-refractivity contribution in [3.05, 3.63) is 28.8 Å². The van der Waals surface area contributed by atoms with E-state index in [-0.39, 0.29) is 0 Å². The number of benzene rings is 1. The number of methoxy groups -OCH3 is 1. The highest BCUT2D eigenvalue weighted by Crippen LogP contribution is 2.48. The molecular formula is C16H24O2. The standard InChI is InChI=1S/C16H24O2/c1-10(2)13-8-12(16(17)6-7-16)9-14(11(3)4)15(13)18-5/h8-11,17H,6-7H2,1-5H3. The van der Waals surface area contributed by atoms with Crippen LogP contribution in [0.2, 0.25) is 0 Å². The number of hydrogen-bond acceptors (Lipinski definition) is 2. The van der Waals surface area contributed by atoms with Gasteiger partial charge in [-0.05, 0) is 53.5 Å². The smallest absolute Gasteiger partial charge is 0.125 e. The second kappa shape index (κ2) is 4.58. The van der Waals surface area contributed by atoms with Crippen molar-refractivity contribution >= 4 is 0 Å². The molecule has 2 nitrogen and oxygen atoms in total. The van der Waals surface area contributed by atoms with Crippen molar-refractivity contribution in [2.24, 2.45) is 0 Å². The van der Waals surface area contributed by atoms with Crippen LogP contribution in [0.4, 0.5) is 0 Å². The first-order valence-corrected chi connectivity index (χ1v) is 6.83. The Hall–Kier alpha value is -1.02. The molecule has 0 atom stereocenters. The molecule has 1 fully saturated rings. The average Bonchev–Trinajstić information content (AvgIpc) is 3.06. The van der Waals surface area contributed by atoms with Crippen LogP contribution in [0.5, 0.6) is 5.75 Å². The summed E-state index contributed by atoms with van der Waals surface area (Å²) < 4.78 is 5.61. The van der Waals surface area contributed by atoms with E-state index in [2.05, 4.69) is 39.8 Å². The molecule has 1 aromatic rings. The normalized spacial score (nSPS) is 17.3. The molecule has 0 spiro atoms. The fourth-order valence-corrected chi connectivity index (χ4v) is 2.44. The first kappa shape index (κ1) is 13.4. The lowest BCUT2D eigenvalue weighted by molar-refractivity contribution is 0.151. The van der Waals surface area contributed by atoms with E-state index < -0.39 is 5.60 Å². The first-order chi connectivity index (χ1) is 8.39. The highest BCUT2D eigenvalue weighted by atomic mass is 16.5. The SMILES string of the molecule is COc1c(C(C)C)cc(C2(O)CC2)cc1C(C)C. The Kier molecular flexibility index (Phi) is 3.41. The molecular weight excluding hydrogens is 224 g/mol. The van der Waals surface area contributed by atoms with Gasteiger partial charge in [-0.25, -0.2) is 0 Å². The average molecular weight is 248 g/mol. The molecule has 1 aliphatic carbocycles. The molecule has 0 amide bonds. The second-order valence-electron chi connectivity index (χ2n) is 6.03. The minimum absolute atomic E-state index is 0.403. The molecule has 2 heteroatoms. The molecule has 1 N–H and O–H groups in total. The van der Waals surface area contributed by atoms with Gasteiger partial charge in [0.15, 0.2) is 0 Å². The summed E-state index contributed by atoms with van der Waals surface area (Å²) in [4.78, 5) is 0. The number of hydrogen-bond donors (Lipinski definition) is 1. The van der Waals surface area contributed by atoms with Crippen molar-refractivity contribution in [3.63, 3.8) is 0 Å². The van der Waals surface area contributed by atoms with Gasteiger partial charge < -0.3 is 9.84 Å². The van der Waals surface area contributed by atoms with Gasteiger partial charge in [0, 0.05) is 0 Å². The minimum atomic E-state index is -0.570. The maximum Gasteiger partial charge on any atom is 0.125 e. The monoisotopic (exact) mass is 248 g/mol. The van der Waals surface area contributed by atoms with Crippen molar-refractivity contribution in [3.8, 4) is 5.75 Å². The fourth-order valence-electron chi connectivity index (χ4n) is 2.44. The summed E-state index contributed by atoms with van der Waals surface area (Å²) >= 11 is 0. The maximum atomic E-state index is 10.3. The molecule has 0 saturated heterocycles. The zero-order valence-corrected chi connectivity index (χ0v) is 12.1. The summed E-state index contributed by atoms with van der Waals surface area (Å²) in [6.07, 6.45) is 1.77. The summed E-state index contributed by atoms with van der Waals surface area (Å²) in [7, 11) is 1.73. The van der Waals surface area contributed by atoms with Crippen LogP contribution in [0.3, 0.4) is 0 Å². The predicted octanol–water partition coefficient (Wildman–Crippen LogP) is 3.92. The van der Waals surface area contributed by atoms with Crippen molar-refractivity contribution in [2.75, 3.05) is 7.11 Å². The van der Waals surface area contributed by atoms with E-state index in [0.717, 1.165) is 24.2 Å². The van der Waals surface area contributed by atoms with E-state index in [1.54, 1.807) is 7.11 Å². The highest BCUT2D eigenvalue weighted by Gasteiger charge is 2.43. The van der Waals surface area contributed by atoms with Gasteiger partial charge in [-0.2, -0.15) is 0 Å². The van der Waals surface area contributed by atoms with E-state index in [1.807, 2.05) is 0 Å². The van der Waals surface area contributed by atoms with E-state index >= 15 is 0 Å². The molecule has 18 heavy (non-hydrogen) atoms. The Morgan fingerprint density at radius 2 is 1.50 bits per heavy atom. The van der Waals surface area contributed by atoms with Gasteiger partial charge >= 0.3 is 0 Å². The number of rotatable bonds is 4. The van der Waals surface area contributed by atoms with Gasteiger partial charge in [0.25, 0.3) is 0 Å². The molecule has 100 valence electrons. The van der Waals surface area contributed by atoms with Gasteiger partial charge in [-0.3, -0.25) is 0 Å². The van der Waals surface area contributed by atoms with Gasteiger partial charge in [0.05, 0.1) is 12.7 Å². The van der Waals surface area contributed by atoms with E-state index in [9.17, 15) is 5.11 Å². The Bertz CT molecular complexity index is 413. The van der Waals surface area contributed by atoms with Gasteiger partial charge in [-0.1, -0.05) is 27.7 Å². The molecule has 0 radical (unpaired) electrons. The maximum absolute atomic E-state index is 10.3. The number of aliphatic hydroxyl groups is 1. The van der Waals surface area contributed by atoms with Crippen LogP contribution in [0.15, 0.2) is 12.1 Å². The predicted molar refractivity (Wildman–Crippen MR) is 74.3 cm³/mol. The fraction of sp³-hybridized carbons (Fsp3) is 0.625. The molecule has 1 aromatic carbocycles. The van der Waals surface area contributed by atoms with Crippen molar-refractivity contribution < 1.29 is 9.84 Å². The Balaban J connectivity index is 2.59. The van der Waals surface area contributed by atoms with E-state index in [4.69, 9.17) is 4.74 Å². The highest BCUT2D eigenvalue weighted by molar-refractivity contribution is 5.50. The summed E-state index contributed by atoms with van der Waals surface area (Å²) in [6.45, 7) is 8.68. The lowest BCUT2D eigenvalue weighted by atomic mass is 9.89. The number of ether oxygens (including phenoxy) is 1. The van der Waals surface area contributed by atoms with Crippen LogP contribution in [0.1, 0.15) is 69.1 Å². The largest absolute Gasteiger partial charge is 0.496 e. The molecule has 0 aliphatic heterocycles. The van der Waals surface area contributed by atoms with Crippen LogP contribution in [0.25, 0.3) is 0 Å². The van der Waals surface area contributed by atoms with Crippen LogP contribution in [-0.4, -0.2) is 12.2 Å². The Labute approximate surface area is 110 Å². The van der Waals surface area contributed by atoms with Crippen molar-refractivity contribution in [2.45, 2.75) is 58.0 Å². The summed E-state index contributed by atoms with van der Waals surface area (Å²) in [5, 5.41) is 10.3. The lowest BCUT2D eigenvalue weighted by Gasteiger charge is -2.22. The molecule has 0 aromatic heterocycles. The molecule has 2 rings (SSSR count). The third kappa shape index (κ3) is 2.26. The van der Waals surface area contributed by atoms with Gasteiger partial charge in [0.1, 0.15) is 5.75 Å². The third-order valence-corrected chi connectivity index (χ3v) is 3.86. The topological polar surface area (TPSA) is 29.5 Å². The van der Waals surface area contributed by atoms with Crippen LogP contribution in [0, 0.1) is 0 Å². The minimum Gasteiger partial charge on any atom is -0.496 e. The summed E-state index contributed by atoms with van der Waals surface area (Å²) in [5.74, 6) is 1.80. The van der Waals surface area contributed by atoms with Gasteiger partial charge in [-0.15, -0.1) is 0 Å². The zero-order valence-electron chi connectivity index (χ0n) is 12.1. The second-order valence-corrected chi connectivity index (χ2v) is 6.03. The van der Waals surface area contributed by atoms with E-state index in [1.165, 1.54) is 11.1 Å². The van der Waals surface area contributed by atoms with Gasteiger partial charge in [0.2, 0.25) is 0 Å². The van der Waals surface area contributed by atoms with Crippen LogP contribution >= 0.6 is 0 Å². The molecule has 0 bridgehead atoms. The zero-order chi connectivity index (χ0) is 13.5. The van der Waals surface area contributed by atoms with E-state index in [0.29, 0.717) is 11.8 Å². The molecule has 1 saturated carbocycles. The Morgan fingerprint density at radius 3 is 1.78 bits per heavy atom. The molecule has 0 heterocycles.